The molecular formula is C18H24N2O2. The molecule has 118 valence electrons. The van der Waals surface area contributed by atoms with Gasteiger partial charge >= 0.3 is 0 Å². The Balaban J connectivity index is 2.67. The lowest BCUT2D eigenvalue weighted by molar-refractivity contribution is 0.587. The smallest absolute Gasteiger partial charge is 0.248 e. The number of aromatic amines is 2. The molecule has 0 aromatic carbocycles. The Morgan fingerprint density at radius 1 is 0.636 bits per heavy atom. The fourth-order valence-corrected chi connectivity index (χ4v) is 2.24. The minimum atomic E-state index is -0.163. The fraction of sp³-hybridized carbons (Fsp3) is 0.444. The molecule has 4 nitrogen and oxygen atoms in total. The molecule has 2 N–H and O–H groups in total. The van der Waals surface area contributed by atoms with Gasteiger partial charge in [-0.3, -0.25) is 9.59 Å². The second-order valence-electron chi connectivity index (χ2n) is 7.79. The maximum atomic E-state index is 12.0. The van der Waals surface area contributed by atoms with E-state index in [4.69, 9.17) is 0 Å². The number of hydrogen-bond acceptors (Lipinski definition) is 2. The van der Waals surface area contributed by atoms with Gasteiger partial charge in [-0.25, -0.2) is 0 Å². The van der Waals surface area contributed by atoms with Crippen LogP contribution < -0.4 is 11.1 Å². The Bertz CT molecular complexity index is 730. The molecule has 0 atom stereocenters. The Kier molecular flexibility index (Phi) is 3.90. The molecule has 0 radical (unpaired) electrons. The first-order valence-corrected chi connectivity index (χ1v) is 7.47. The summed E-state index contributed by atoms with van der Waals surface area (Å²) in [7, 11) is 0. The van der Waals surface area contributed by atoms with E-state index < -0.39 is 0 Å². The third-order valence-corrected chi connectivity index (χ3v) is 3.71. The summed E-state index contributed by atoms with van der Waals surface area (Å²) in [6, 6.07) is 7.07. The summed E-state index contributed by atoms with van der Waals surface area (Å²) >= 11 is 0. The maximum absolute atomic E-state index is 12.0. The van der Waals surface area contributed by atoms with Crippen LogP contribution in [0, 0.1) is 0 Å². The van der Waals surface area contributed by atoms with Gasteiger partial charge in [0.15, 0.2) is 0 Å². The predicted octanol–water partition coefficient (Wildman–Crippen LogP) is 3.33. The number of pyridine rings is 2. The van der Waals surface area contributed by atoms with E-state index in [0.717, 1.165) is 11.1 Å². The van der Waals surface area contributed by atoms with Crippen LogP contribution in [0.15, 0.2) is 33.9 Å². The minimum Gasteiger partial charge on any atom is -0.321 e. The zero-order valence-electron chi connectivity index (χ0n) is 14.1. The number of H-pyrrole nitrogens is 2. The van der Waals surface area contributed by atoms with Crippen LogP contribution in [0.1, 0.15) is 52.7 Å². The maximum Gasteiger partial charge on any atom is 0.248 e. The molecule has 0 aliphatic carbocycles. The molecule has 0 amide bonds. The van der Waals surface area contributed by atoms with Gasteiger partial charge in [-0.15, -0.1) is 0 Å². The van der Waals surface area contributed by atoms with Crippen LogP contribution in [-0.4, -0.2) is 9.97 Å². The van der Waals surface area contributed by atoms with Crippen molar-refractivity contribution in [3.8, 4) is 11.4 Å². The van der Waals surface area contributed by atoms with E-state index in [1.165, 1.54) is 0 Å². The van der Waals surface area contributed by atoms with Gasteiger partial charge in [-0.05, 0) is 34.1 Å². The quantitative estimate of drug-likeness (QED) is 0.848. The van der Waals surface area contributed by atoms with Crippen LogP contribution in [0.2, 0.25) is 0 Å². The molecule has 0 saturated heterocycles. The molecule has 2 aromatic rings. The van der Waals surface area contributed by atoms with Crippen molar-refractivity contribution in [1.82, 2.24) is 9.97 Å². The van der Waals surface area contributed by atoms with Gasteiger partial charge in [0, 0.05) is 12.1 Å². The van der Waals surface area contributed by atoms with Gasteiger partial charge in [0.2, 0.25) is 11.1 Å². The van der Waals surface area contributed by atoms with Crippen molar-refractivity contribution in [2.45, 2.75) is 52.4 Å². The van der Waals surface area contributed by atoms with Crippen molar-refractivity contribution >= 4 is 0 Å². The second kappa shape index (κ2) is 5.27. The summed E-state index contributed by atoms with van der Waals surface area (Å²) in [6.45, 7) is 12.3. The molecule has 2 heterocycles. The first-order valence-electron chi connectivity index (χ1n) is 7.47. The van der Waals surface area contributed by atoms with Crippen molar-refractivity contribution in [2.75, 3.05) is 0 Å². The highest BCUT2D eigenvalue weighted by Crippen LogP contribution is 2.26. The molecule has 2 rings (SSSR count). The van der Waals surface area contributed by atoms with Crippen LogP contribution >= 0.6 is 0 Å². The Morgan fingerprint density at radius 3 is 1.23 bits per heavy atom. The zero-order valence-corrected chi connectivity index (χ0v) is 14.1. The first-order chi connectivity index (χ1) is 9.96. The van der Waals surface area contributed by atoms with Crippen LogP contribution in [-0.2, 0) is 10.8 Å². The van der Waals surface area contributed by atoms with E-state index in [1.54, 1.807) is 12.1 Å². The average molecular weight is 300 g/mol. The third kappa shape index (κ3) is 3.56. The Labute approximate surface area is 130 Å². The first kappa shape index (κ1) is 16.3. The predicted molar refractivity (Wildman–Crippen MR) is 90.5 cm³/mol. The summed E-state index contributed by atoms with van der Waals surface area (Å²) < 4.78 is 0. The highest BCUT2D eigenvalue weighted by atomic mass is 16.1. The van der Waals surface area contributed by atoms with E-state index in [2.05, 4.69) is 51.5 Å². The molecule has 0 unspecified atom stereocenters. The summed E-state index contributed by atoms with van der Waals surface area (Å²) in [5.41, 5.74) is 2.56. The summed E-state index contributed by atoms with van der Waals surface area (Å²) in [4.78, 5) is 29.5. The molecule has 0 fully saturated rings. The topological polar surface area (TPSA) is 65.7 Å². The second-order valence-corrected chi connectivity index (χ2v) is 7.79. The molecule has 0 aliphatic heterocycles. The van der Waals surface area contributed by atoms with Gasteiger partial charge in [0.05, 0.1) is 11.4 Å². The van der Waals surface area contributed by atoms with Crippen LogP contribution in [0.4, 0.5) is 0 Å². The standard InChI is InChI=1S/C18H24N2O2/c1-17(2,3)11-7-13(19-15(21)9-11)14-8-12(18(4,5)6)10-16(22)20-14/h7-10H,1-6H3,(H,19,21)(H,20,22). The van der Waals surface area contributed by atoms with Gasteiger partial charge in [-0.1, -0.05) is 41.5 Å². The number of hydrogen-bond donors (Lipinski definition) is 2. The summed E-state index contributed by atoms with van der Waals surface area (Å²) in [5.74, 6) is 0. The molecule has 0 saturated carbocycles. The summed E-state index contributed by atoms with van der Waals surface area (Å²) in [5, 5.41) is 0. The van der Waals surface area contributed by atoms with E-state index >= 15 is 0 Å². The minimum absolute atomic E-state index is 0.134. The van der Waals surface area contributed by atoms with E-state index in [1.807, 2.05) is 12.1 Å². The monoisotopic (exact) mass is 300 g/mol. The van der Waals surface area contributed by atoms with Crippen LogP contribution in [0.25, 0.3) is 11.4 Å². The SMILES string of the molecule is CC(C)(C)c1cc(-c2cc(C(C)(C)C)cc(=O)[nH]2)[nH]c(=O)c1. The fourth-order valence-electron chi connectivity index (χ4n) is 2.24. The van der Waals surface area contributed by atoms with Crippen molar-refractivity contribution in [1.29, 1.82) is 0 Å². The lowest BCUT2D eigenvalue weighted by Crippen LogP contribution is -2.19. The highest BCUT2D eigenvalue weighted by Gasteiger charge is 2.18. The summed E-state index contributed by atoms with van der Waals surface area (Å²) in [6.07, 6.45) is 0. The number of nitrogens with one attached hydrogen (secondary N) is 2. The lowest BCUT2D eigenvalue weighted by atomic mass is 9.86. The number of aromatic nitrogens is 2. The molecule has 0 aliphatic rings. The zero-order chi connectivity index (χ0) is 16.7. The van der Waals surface area contributed by atoms with E-state index in [0.29, 0.717) is 11.4 Å². The molecule has 0 bridgehead atoms. The molecular weight excluding hydrogens is 276 g/mol. The van der Waals surface area contributed by atoms with E-state index in [-0.39, 0.29) is 21.9 Å². The van der Waals surface area contributed by atoms with Gasteiger partial charge in [0.25, 0.3) is 0 Å². The molecule has 22 heavy (non-hydrogen) atoms. The van der Waals surface area contributed by atoms with Gasteiger partial charge in [0.1, 0.15) is 0 Å². The van der Waals surface area contributed by atoms with Crippen molar-refractivity contribution in [3.63, 3.8) is 0 Å². The van der Waals surface area contributed by atoms with Gasteiger partial charge < -0.3 is 9.97 Å². The molecule has 0 spiro atoms. The Morgan fingerprint density at radius 2 is 0.955 bits per heavy atom. The molecule has 4 heteroatoms. The van der Waals surface area contributed by atoms with Crippen LogP contribution in [0.3, 0.4) is 0 Å². The largest absolute Gasteiger partial charge is 0.321 e. The lowest BCUT2D eigenvalue weighted by Gasteiger charge is -2.21. The highest BCUT2D eigenvalue weighted by molar-refractivity contribution is 5.56. The van der Waals surface area contributed by atoms with Crippen molar-refractivity contribution < 1.29 is 0 Å². The van der Waals surface area contributed by atoms with Gasteiger partial charge in [-0.2, -0.15) is 0 Å². The number of rotatable bonds is 1. The normalized spacial score (nSPS) is 12.5. The van der Waals surface area contributed by atoms with Crippen molar-refractivity contribution in [3.05, 3.63) is 56.1 Å². The average Bonchev–Trinajstić information content (AvgIpc) is 2.35. The van der Waals surface area contributed by atoms with Crippen LogP contribution in [0.5, 0.6) is 0 Å². The molecule has 2 aromatic heterocycles. The third-order valence-electron chi connectivity index (χ3n) is 3.71. The van der Waals surface area contributed by atoms with Crippen molar-refractivity contribution in [2.24, 2.45) is 0 Å². The van der Waals surface area contributed by atoms with E-state index in [9.17, 15) is 9.59 Å². The Hall–Kier alpha value is -2.10.